The Hall–Kier alpha value is -1.00. The van der Waals surface area contributed by atoms with Crippen LogP contribution in [0.1, 0.15) is 38.5 Å². The Kier molecular flexibility index (Phi) is 6.40. The number of rotatable bonds is 6. The Balaban J connectivity index is 1.60. The molecule has 0 radical (unpaired) electrons. The number of carbonyl (C=O) groups excluding carboxylic acids is 1. The van der Waals surface area contributed by atoms with E-state index in [1.165, 1.54) is 4.90 Å². The maximum atomic E-state index is 11.8. The highest BCUT2D eigenvalue weighted by Crippen LogP contribution is 2.20. The Labute approximate surface area is 125 Å². The number of benzene rings is 1. The molecular weight excluding hydrogens is 270 g/mol. The van der Waals surface area contributed by atoms with Gasteiger partial charge in [-0.15, -0.1) is 11.8 Å². The molecule has 1 fully saturated rings. The lowest BCUT2D eigenvalue weighted by Crippen LogP contribution is -2.45. The molecule has 3 nitrogen and oxygen atoms in total. The van der Waals surface area contributed by atoms with Crippen LogP contribution in [0.4, 0.5) is 0 Å². The molecule has 0 spiro atoms. The first-order valence-corrected chi connectivity index (χ1v) is 8.39. The SMILES string of the molecule is O=C(CCCSc1ccccc1)N[C@@H]1CCCC[C@H]1O. The normalized spacial score (nSPS) is 22.4. The van der Waals surface area contributed by atoms with Crippen LogP contribution >= 0.6 is 11.8 Å². The van der Waals surface area contributed by atoms with Crippen LogP contribution in [0.15, 0.2) is 35.2 Å². The highest BCUT2D eigenvalue weighted by Gasteiger charge is 2.23. The highest BCUT2D eigenvalue weighted by molar-refractivity contribution is 7.99. The van der Waals surface area contributed by atoms with E-state index in [2.05, 4.69) is 17.4 Å². The van der Waals surface area contributed by atoms with Crippen molar-refractivity contribution in [1.82, 2.24) is 5.32 Å². The Morgan fingerprint density at radius 3 is 2.75 bits per heavy atom. The molecule has 1 aromatic carbocycles. The standard InChI is InChI=1S/C16H23NO2S/c18-15-10-5-4-9-14(15)17-16(19)11-6-12-20-13-7-2-1-3-8-13/h1-3,7-8,14-15,18H,4-6,9-12H2,(H,17,19)/t14-,15-/m1/s1. The van der Waals surface area contributed by atoms with Gasteiger partial charge in [-0.1, -0.05) is 31.0 Å². The summed E-state index contributed by atoms with van der Waals surface area (Å²) in [5.74, 6) is 1.02. The van der Waals surface area contributed by atoms with Gasteiger partial charge in [0, 0.05) is 11.3 Å². The van der Waals surface area contributed by atoms with Crippen LogP contribution in [0.5, 0.6) is 0 Å². The molecule has 2 N–H and O–H groups in total. The van der Waals surface area contributed by atoms with E-state index in [1.54, 1.807) is 11.8 Å². The maximum absolute atomic E-state index is 11.8. The summed E-state index contributed by atoms with van der Waals surface area (Å²) in [6, 6.07) is 10.2. The van der Waals surface area contributed by atoms with Gasteiger partial charge in [0.2, 0.25) is 5.91 Å². The molecule has 1 amide bonds. The molecule has 0 saturated heterocycles. The van der Waals surface area contributed by atoms with E-state index in [-0.39, 0.29) is 18.1 Å². The minimum atomic E-state index is -0.355. The predicted molar refractivity (Wildman–Crippen MR) is 82.8 cm³/mol. The number of nitrogens with one attached hydrogen (secondary N) is 1. The molecule has 1 aromatic rings. The molecule has 1 aliphatic rings. The molecule has 0 aliphatic heterocycles. The van der Waals surface area contributed by atoms with Crippen molar-refractivity contribution in [3.05, 3.63) is 30.3 Å². The van der Waals surface area contributed by atoms with Gasteiger partial charge < -0.3 is 10.4 Å². The third kappa shape index (κ3) is 5.17. The third-order valence-electron chi connectivity index (χ3n) is 3.64. The first kappa shape index (κ1) is 15.4. The second-order valence-electron chi connectivity index (χ2n) is 5.29. The fraction of sp³-hybridized carbons (Fsp3) is 0.562. The number of hydrogen-bond acceptors (Lipinski definition) is 3. The summed E-state index contributed by atoms with van der Waals surface area (Å²) in [7, 11) is 0. The second kappa shape index (κ2) is 8.32. The van der Waals surface area contributed by atoms with Crippen molar-refractivity contribution in [2.75, 3.05) is 5.75 Å². The molecular formula is C16H23NO2S. The summed E-state index contributed by atoms with van der Waals surface area (Å²) >= 11 is 1.78. The molecule has 1 saturated carbocycles. The zero-order valence-corrected chi connectivity index (χ0v) is 12.6. The van der Waals surface area contributed by atoms with Gasteiger partial charge in [-0.05, 0) is 37.1 Å². The van der Waals surface area contributed by atoms with Gasteiger partial charge in [0.05, 0.1) is 12.1 Å². The van der Waals surface area contributed by atoms with Gasteiger partial charge in [0.25, 0.3) is 0 Å². The van der Waals surface area contributed by atoms with Crippen molar-refractivity contribution in [3.63, 3.8) is 0 Å². The number of hydrogen-bond donors (Lipinski definition) is 2. The minimum absolute atomic E-state index is 0.0296. The molecule has 1 aliphatic carbocycles. The van der Waals surface area contributed by atoms with Crippen molar-refractivity contribution in [2.45, 2.75) is 55.6 Å². The molecule has 4 heteroatoms. The lowest BCUT2D eigenvalue weighted by Gasteiger charge is -2.28. The minimum Gasteiger partial charge on any atom is -0.391 e. The van der Waals surface area contributed by atoms with Crippen LogP contribution in [-0.4, -0.2) is 28.9 Å². The van der Waals surface area contributed by atoms with E-state index in [0.29, 0.717) is 6.42 Å². The molecule has 0 bridgehead atoms. The van der Waals surface area contributed by atoms with Crippen molar-refractivity contribution in [3.8, 4) is 0 Å². The Bertz CT molecular complexity index is 410. The molecule has 0 heterocycles. The smallest absolute Gasteiger partial charge is 0.220 e. The quantitative estimate of drug-likeness (QED) is 0.626. The second-order valence-corrected chi connectivity index (χ2v) is 6.46. The number of thioether (sulfide) groups is 1. The Morgan fingerprint density at radius 1 is 1.25 bits per heavy atom. The van der Waals surface area contributed by atoms with Crippen LogP contribution < -0.4 is 5.32 Å². The molecule has 0 unspecified atom stereocenters. The highest BCUT2D eigenvalue weighted by atomic mass is 32.2. The van der Waals surface area contributed by atoms with Gasteiger partial charge in [-0.3, -0.25) is 4.79 Å². The topological polar surface area (TPSA) is 49.3 Å². The lowest BCUT2D eigenvalue weighted by atomic mass is 9.92. The van der Waals surface area contributed by atoms with E-state index in [0.717, 1.165) is 37.9 Å². The summed E-state index contributed by atoms with van der Waals surface area (Å²) in [5.41, 5.74) is 0. The average molecular weight is 293 g/mol. The zero-order valence-electron chi connectivity index (χ0n) is 11.8. The summed E-state index contributed by atoms with van der Waals surface area (Å²) in [5, 5.41) is 12.8. The van der Waals surface area contributed by atoms with E-state index in [9.17, 15) is 9.90 Å². The zero-order chi connectivity index (χ0) is 14.2. The van der Waals surface area contributed by atoms with Crippen LogP contribution in [0, 0.1) is 0 Å². The number of aliphatic hydroxyl groups is 1. The molecule has 20 heavy (non-hydrogen) atoms. The van der Waals surface area contributed by atoms with Crippen molar-refractivity contribution in [1.29, 1.82) is 0 Å². The maximum Gasteiger partial charge on any atom is 0.220 e. The fourth-order valence-electron chi connectivity index (χ4n) is 2.50. The molecule has 110 valence electrons. The van der Waals surface area contributed by atoms with Crippen LogP contribution in [0.2, 0.25) is 0 Å². The summed E-state index contributed by atoms with van der Waals surface area (Å²) in [6.45, 7) is 0. The summed E-state index contributed by atoms with van der Waals surface area (Å²) in [4.78, 5) is 13.1. The van der Waals surface area contributed by atoms with E-state index >= 15 is 0 Å². The van der Waals surface area contributed by atoms with Gasteiger partial charge in [-0.25, -0.2) is 0 Å². The van der Waals surface area contributed by atoms with Gasteiger partial charge >= 0.3 is 0 Å². The first-order chi connectivity index (χ1) is 9.75. The van der Waals surface area contributed by atoms with Crippen molar-refractivity contribution < 1.29 is 9.90 Å². The van der Waals surface area contributed by atoms with Gasteiger partial charge in [-0.2, -0.15) is 0 Å². The molecule has 2 atom stereocenters. The lowest BCUT2D eigenvalue weighted by molar-refractivity contribution is -0.123. The van der Waals surface area contributed by atoms with Crippen LogP contribution in [0.3, 0.4) is 0 Å². The number of carbonyl (C=O) groups is 1. The van der Waals surface area contributed by atoms with E-state index < -0.39 is 0 Å². The fourth-order valence-corrected chi connectivity index (χ4v) is 3.37. The first-order valence-electron chi connectivity index (χ1n) is 7.41. The van der Waals surface area contributed by atoms with Gasteiger partial charge in [0.1, 0.15) is 0 Å². The largest absolute Gasteiger partial charge is 0.391 e. The number of aliphatic hydroxyl groups excluding tert-OH is 1. The van der Waals surface area contributed by atoms with E-state index in [1.807, 2.05) is 18.2 Å². The predicted octanol–water partition coefficient (Wildman–Crippen LogP) is 2.98. The average Bonchev–Trinajstić information content (AvgIpc) is 2.47. The number of amides is 1. The summed E-state index contributed by atoms with van der Waals surface area (Å²) in [6.07, 6.45) is 4.96. The van der Waals surface area contributed by atoms with Crippen molar-refractivity contribution >= 4 is 17.7 Å². The summed E-state index contributed by atoms with van der Waals surface area (Å²) < 4.78 is 0. The monoisotopic (exact) mass is 293 g/mol. The van der Waals surface area contributed by atoms with E-state index in [4.69, 9.17) is 0 Å². The molecule has 2 rings (SSSR count). The molecule has 0 aromatic heterocycles. The van der Waals surface area contributed by atoms with Crippen LogP contribution in [-0.2, 0) is 4.79 Å². The van der Waals surface area contributed by atoms with Gasteiger partial charge in [0.15, 0.2) is 0 Å². The van der Waals surface area contributed by atoms with Crippen LogP contribution in [0.25, 0.3) is 0 Å². The third-order valence-corrected chi connectivity index (χ3v) is 4.73. The van der Waals surface area contributed by atoms with Crippen molar-refractivity contribution in [2.24, 2.45) is 0 Å². The Morgan fingerprint density at radius 2 is 2.00 bits per heavy atom.